The average molecular weight is 283 g/mol. The van der Waals surface area contributed by atoms with Gasteiger partial charge in [-0.1, -0.05) is 17.7 Å². The van der Waals surface area contributed by atoms with E-state index in [9.17, 15) is 4.79 Å². The summed E-state index contributed by atoms with van der Waals surface area (Å²) in [4.78, 5) is 15.8. The van der Waals surface area contributed by atoms with Crippen molar-refractivity contribution in [3.8, 4) is 5.69 Å². The van der Waals surface area contributed by atoms with Crippen LogP contribution < -0.4 is 4.80 Å². The third-order valence-electron chi connectivity index (χ3n) is 2.13. The third kappa shape index (κ3) is 3.00. The molecule has 1 amide bonds. The van der Waals surface area contributed by atoms with Crippen molar-refractivity contribution in [2.45, 2.75) is 6.92 Å². The second kappa shape index (κ2) is 5.84. The molecule has 0 aliphatic heterocycles. The number of rotatable bonds is 2. The molecule has 2 rings (SSSR count). The fourth-order valence-electron chi connectivity index (χ4n) is 1.41. The molecule has 0 aliphatic rings. The third-order valence-corrected chi connectivity index (χ3v) is 3.12. The molecule has 0 spiro atoms. The molecule has 0 aliphatic carbocycles. The largest absolute Gasteiger partial charge is 0.448 e. The van der Waals surface area contributed by atoms with E-state index >= 15 is 0 Å². The van der Waals surface area contributed by atoms with E-state index in [4.69, 9.17) is 16.3 Å². The molecule has 18 heavy (non-hydrogen) atoms. The zero-order valence-electron chi connectivity index (χ0n) is 9.67. The number of benzene rings is 1. The van der Waals surface area contributed by atoms with E-state index in [1.165, 1.54) is 11.3 Å². The molecule has 4 nitrogen and oxygen atoms in total. The van der Waals surface area contributed by atoms with Crippen LogP contribution in [0.25, 0.3) is 5.69 Å². The predicted octanol–water partition coefficient (Wildman–Crippen LogP) is 3.25. The van der Waals surface area contributed by atoms with Gasteiger partial charge in [-0.2, -0.15) is 0 Å². The van der Waals surface area contributed by atoms with Crippen LogP contribution in [0.1, 0.15) is 6.92 Å². The normalized spacial score (nSPS) is 11.6. The summed E-state index contributed by atoms with van der Waals surface area (Å²) in [7, 11) is 0. The maximum Gasteiger partial charge on any atom is 0.436 e. The SMILES string of the molecule is CCOC(=O)N=c1sccn1-c1cccc(Cl)c1. The Morgan fingerprint density at radius 2 is 2.39 bits per heavy atom. The summed E-state index contributed by atoms with van der Waals surface area (Å²) in [6.07, 6.45) is 1.24. The van der Waals surface area contributed by atoms with Gasteiger partial charge in [0.15, 0.2) is 0 Å². The molecule has 94 valence electrons. The standard InChI is InChI=1S/C12H11ClN2O2S/c1-2-17-12(16)14-11-15(6-7-18-11)10-5-3-4-9(13)8-10/h3-8H,2H2,1H3. The van der Waals surface area contributed by atoms with Crippen molar-refractivity contribution in [2.75, 3.05) is 6.61 Å². The number of thiazole rings is 1. The van der Waals surface area contributed by atoms with E-state index in [2.05, 4.69) is 4.99 Å². The molecule has 0 fully saturated rings. The van der Waals surface area contributed by atoms with Gasteiger partial charge < -0.3 is 4.74 Å². The Balaban J connectivity index is 2.42. The molecule has 1 aromatic heterocycles. The van der Waals surface area contributed by atoms with E-state index in [1.54, 1.807) is 23.6 Å². The summed E-state index contributed by atoms with van der Waals surface area (Å²) in [5, 5.41) is 2.48. The minimum atomic E-state index is -0.587. The fourth-order valence-corrected chi connectivity index (χ4v) is 2.31. The highest BCUT2D eigenvalue weighted by molar-refractivity contribution is 7.07. The first-order valence-electron chi connectivity index (χ1n) is 5.34. The van der Waals surface area contributed by atoms with Crippen molar-refractivity contribution >= 4 is 29.0 Å². The smallest absolute Gasteiger partial charge is 0.436 e. The fraction of sp³-hybridized carbons (Fsp3) is 0.167. The summed E-state index contributed by atoms with van der Waals surface area (Å²) in [5.41, 5.74) is 0.854. The van der Waals surface area contributed by atoms with Gasteiger partial charge in [0, 0.05) is 22.3 Å². The molecule has 0 bridgehead atoms. The molecule has 0 saturated heterocycles. The summed E-state index contributed by atoms with van der Waals surface area (Å²) < 4.78 is 6.58. The van der Waals surface area contributed by atoms with Crippen molar-refractivity contribution in [2.24, 2.45) is 4.99 Å². The quantitative estimate of drug-likeness (QED) is 0.849. The van der Waals surface area contributed by atoms with E-state index in [0.717, 1.165) is 5.69 Å². The lowest BCUT2D eigenvalue weighted by atomic mass is 10.3. The van der Waals surface area contributed by atoms with Crippen LogP contribution in [-0.2, 0) is 4.74 Å². The molecule has 1 heterocycles. The van der Waals surface area contributed by atoms with Crippen molar-refractivity contribution < 1.29 is 9.53 Å². The van der Waals surface area contributed by atoms with Gasteiger partial charge in [-0.25, -0.2) is 4.79 Å². The first kappa shape index (κ1) is 12.9. The summed E-state index contributed by atoms with van der Waals surface area (Å²) in [6.45, 7) is 2.05. The molecule has 0 saturated carbocycles. The number of carbonyl (C=O) groups excluding carboxylic acids is 1. The average Bonchev–Trinajstić information content (AvgIpc) is 2.77. The number of carbonyl (C=O) groups is 1. The van der Waals surface area contributed by atoms with Crippen LogP contribution in [0.2, 0.25) is 5.02 Å². The number of ether oxygens (including phenoxy) is 1. The molecular weight excluding hydrogens is 272 g/mol. The number of hydrogen-bond acceptors (Lipinski definition) is 3. The van der Waals surface area contributed by atoms with Crippen LogP contribution in [-0.4, -0.2) is 17.3 Å². The lowest BCUT2D eigenvalue weighted by Gasteiger charge is -2.02. The molecule has 0 radical (unpaired) electrons. The van der Waals surface area contributed by atoms with Gasteiger partial charge in [-0.3, -0.25) is 4.57 Å². The highest BCUT2D eigenvalue weighted by Gasteiger charge is 2.03. The van der Waals surface area contributed by atoms with Crippen molar-refractivity contribution in [1.82, 2.24) is 4.57 Å². The van der Waals surface area contributed by atoms with E-state index in [1.807, 2.05) is 23.7 Å². The summed E-state index contributed by atoms with van der Waals surface area (Å²) >= 11 is 7.29. The minimum absolute atomic E-state index is 0.310. The Labute approximate surface area is 113 Å². The Morgan fingerprint density at radius 1 is 1.56 bits per heavy atom. The molecule has 6 heteroatoms. The predicted molar refractivity (Wildman–Crippen MR) is 71.2 cm³/mol. The van der Waals surface area contributed by atoms with Crippen molar-refractivity contribution in [1.29, 1.82) is 0 Å². The Bertz CT molecular complexity index is 618. The van der Waals surface area contributed by atoms with Crippen LogP contribution in [0.5, 0.6) is 0 Å². The lowest BCUT2D eigenvalue weighted by molar-refractivity contribution is 0.162. The van der Waals surface area contributed by atoms with E-state index in [0.29, 0.717) is 16.4 Å². The van der Waals surface area contributed by atoms with E-state index < -0.39 is 6.09 Å². The number of hydrogen-bond donors (Lipinski definition) is 0. The van der Waals surface area contributed by atoms with Crippen LogP contribution >= 0.6 is 22.9 Å². The molecule has 0 N–H and O–H groups in total. The Kier molecular flexibility index (Phi) is 4.17. The molecule has 1 aromatic carbocycles. The highest BCUT2D eigenvalue weighted by atomic mass is 35.5. The zero-order valence-corrected chi connectivity index (χ0v) is 11.2. The topological polar surface area (TPSA) is 43.6 Å². The highest BCUT2D eigenvalue weighted by Crippen LogP contribution is 2.13. The molecule has 2 aromatic rings. The van der Waals surface area contributed by atoms with Crippen LogP contribution in [0.4, 0.5) is 4.79 Å². The summed E-state index contributed by atoms with van der Waals surface area (Å²) in [6, 6.07) is 7.33. The van der Waals surface area contributed by atoms with Gasteiger partial charge in [0.2, 0.25) is 4.80 Å². The van der Waals surface area contributed by atoms with E-state index in [-0.39, 0.29) is 0 Å². The first-order valence-corrected chi connectivity index (χ1v) is 6.60. The minimum Gasteiger partial charge on any atom is -0.448 e. The first-order chi connectivity index (χ1) is 8.70. The van der Waals surface area contributed by atoms with Crippen LogP contribution in [0.15, 0.2) is 40.8 Å². The maximum atomic E-state index is 11.3. The Morgan fingerprint density at radius 3 is 3.11 bits per heavy atom. The van der Waals surface area contributed by atoms with Gasteiger partial charge in [-0.15, -0.1) is 16.3 Å². The van der Waals surface area contributed by atoms with Crippen molar-refractivity contribution in [3.05, 3.63) is 45.7 Å². The van der Waals surface area contributed by atoms with Gasteiger partial charge in [0.1, 0.15) is 0 Å². The van der Waals surface area contributed by atoms with Gasteiger partial charge >= 0.3 is 6.09 Å². The Hall–Kier alpha value is -1.59. The van der Waals surface area contributed by atoms with Crippen LogP contribution in [0.3, 0.4) is 0 Å². The monoisotopic (exact) mass is 282 g/mol. The maximum absolute atomic E-state index is 11.3. The van der Waals surface area contributed by atoms with Gasteiger partial charge in [-0.05, 0) is 25.1 Å². The molecule has 0 atom stereocenters. The molecular formula is C12H11ClN2O2S. The number of aromatic nitrogens is 1. The van der Waals surface area contributed by atoms with Gasteiger partial charge in [0.25, 0.3) is 0 Å². The summed E-state index contributed by atoms with van der Waals surface area (Å²) in [5.74, 6) is 0. The van der Waals surface area contributed by atoms with Crippen molar-refractivity contribution in [3.63, 3.8) is 0 Å². The van der Waals surface area contributed by atoms with Gasteiger partial charge in [0.05, 0.1) is 6.61 Å². The lowest BCUT2D eigenvalue weighted by Crippen LogP contribution is -2.15. The zero-order chi connectivity index (χ0) is 13.0. The van der Waals surface area contributed by atoms with Crippen LogP contribution in [0, 0.1) is 0 Å². The molecule has 0 unspecified atom stereocenters. The number of halogens is 1. The number of amides is 1. The second-order valence-corrected chi connectivity index (χ2v) is 4.66. The number of nitrogens with zero attached hydrogens (tertiary/aromatic N) is 2. The second-order valence-electron chi connectivity index (χ2n) is 3.35.